The number of pyridine rings is 1. The van der Waals surface area contributed by atoms with Gasteiger partial charge in [0.25, 0.3) is 5.91 Å². The predicted octanol–water partition coefficient (Wildman–Crippen LogP) is 1.71. The molecule has 0 aromatic carbocycles. The lowest BCUT2D eigenvalue weighted by atomic mass is 9.95. The molecule has 22 heavy (non-hydrogen) atoms. The molecule has 118 valence electrons. The summed E-state index contributed by atoms with van der Waals surface area (Å²) in [6.45, 7) is 1.99. The molecule has 0 saturated heterocycles. The van der Waals surface area contributed by atoms with Crippen LogP contribution in [0.15, 0.2) is 18.3 Å². The van der Waals surface area contributed by atoms with Crippen LogP contribution in [0.3, 0.4) is 0 Å². The molecule has 1 saturated carbocycles. The molecule has 6 heteroatoms. The number of nitrogens with zero attached hydrogens (tertiary/aromatic N) is 3. The topological polar surface area (TPSA) is 79.5 Å². The number of aromatic nitrogens is 3. The van der Waals surface area contributed by atoms with Gasteiger partial charge in [-0.3, -0.25) is 9.20 Å². The summed E-state index contributed by atoms with van der Waals surface area (Å²) in [4.78, 5) is 12.5. The van der Waals surface area contributed by atoms with Gasteiger partial charge in [-0.1, -0.05) is 19.3 Å². The molecule has 2 unspecified atom stereocenters. The van der Waals surface area contributed by atoms with Gasteiger partial charge in [0.05, 0.1) is 5.56 Å². The number of rotatable bonds is 3. The van der Waals surface area contributed by atoms with E-state index in [1.54, 1.807) is 18.3 Å². The molecule has 6 nitrogen and oxygen atoms in total. The van der Waals surface area contributed by atoms with Crippen LogP contribution in [-0.2, 0) is 0 Å². The summed E-state index contributed by atoms with van der Waals surface area (Å²) >= 11 is 0. The molecule has 2 heterocycles. The number of aliphatic hydroxyl groups excluding tert-OH is 1. The van der Waals surface area contributed by atoms with Crippen molar-refractivity contribution in [3.63, 3.8) is 0 Å². The number of carbonyl (C=O) groups excluding carboxylic acids is 1. The van der Waals surface area contributed by atoms with Gasteiger partial charge in [0.2, 0.25) is 0 Å². The fourth-order valence-corrected chi connectivity index (χ4v) is 3.18. The Kier molecular flexibility index (Phi) is 4.38. The third-order valence-corrected chi connectivity index (χ3v) is 4.55. The molecule has 1 fully saturated rings. The molecule has 1 aliphatic rings. The number of amides is 1. The van der Waals surface area contributed by atoms with Gasteiger partial charge < -0.3 is 10.4 Å². The van der Waals surface area contributed by atoms with E-state index in [4.69, 9.17) is 0 Å². The number of hydrogen-bond donors (Lipinski definition) is 2. The van der Waals surface area contributed by atoms with Gasteiger partial charge in [-0.05, 0) is 31.9 Å². The monoisotopic (exact) mass is 302 g/mol. The van der Waals surface area contributed by atoms with Crippen LogP contribution >= 0.6 is 0 Å². The zero-order valence-electron chi connectivity index (χ0n) is 12.8. The Balaban J connectivity index is 1.78. The molecular formula is C16H22N4O2. The van der Waals surface area contributed by atoms with Gasteiger partial charge in [-0.15, -0.1) is 10.2 Å². The third kappa shape index (κ3) is 2.97. The zero-order valence-corrected chi connectivity index (χ0v) is 12.8. The van der Waals surface area contributed by atoms with E-state index in [-0.39, 0.29) is 24.5 Å². The molecule has 1 amide bonds. The highest BCUT2D eigenvalue weighted by Gasteiger charge is 2.25. The Bertz CT molecular complexity index is 667. The molecule has 0 aliphatic heterocycles. The SMILES string of the molecule is Cc1nnc2ccc(C(=O)NC3CCCCCC3CO)cn12. The molecule has 0 spiro atoms. The molecule has 2 aromatic heterocycles. The fourth-order valence-electron chi connectivity index (χ4n) is 3.18. The Morgan fingerprint density at radius 2 is 2.14 bits per heavy atom. The van der Waals surface area contributed by atoms with E-state index in [0.29, 0.717) is 5.56 Å². The van der Waals surface area contributed by atoms with E-state index < -0.39 is 0 Å². The second-order valence-electron chi connectivity index (χ2n) is 6.05. The van der Waals surface area contributed by atoms with E-state index in [1.807, 2.05) is 11.3 Å². The fraction of sp³-hybridized carbons (Fsp3) is 0.562. The van der Waals surface area contributed by atoms with Crippen molar-refractivity contribution in [1.29, 1.82) is 0 Å². The van der Waals surface area contributed by atoms with E-state index >= 15 is 0 Å². The summed E-state index contributed by atoms with van der Waals surface area (Å²) in [5, 5.41) is 20.7. The van der Waals surface area contributed by atoms with Crippen molar-refractivity contribution in [3.05, 3.63) is 29.7 Å². The maximum atomic E-state index is 12.5. The molecule has 2 N–H and O–H groups in total. The average Bonchev–Trinajstić information content (AvgIpc) is 2.76. The van der Waals surface area contributed by atoms with Crippen LogP contribution in [-0.4, -0.2) is 38.3 Å². The Hall–Kier alpha value is -1.95. The van der Waals surface area contributed by atoms with Crippen LogP contribution in [0.5, 0.6) is 0 Å². The number of aryl methyl sites for hydroxylation is 1. The highest BCUT2D eigenvalue weighted by atomic mass is 16.3. The minimum absolute atomic E-state index is 0.0534. The first-order valence-corrected chi connectivity index (χ1v) is 7.92. The summed E-state index contributed by atoms with van der Waals surface area (Å²) in [6, 6.07) is 3.62. The number of fused-ring (bicyclic) bond motifs is 1. The summed E-state index contributed by atoms with van der Waals surface area (Å²) in [6.07, 6.45) is 7.09. The van der Waals surface area contributed by atoms with Gasteiger partial charge in [0.15, 0.2) is 5.65 Å². The normalized spacial score (nSPS) is 22.5. The summed E-state index contributed by atoms with van der Waals surface area (Å²) in [7, 11) is 0. The van der Waals surface area contributed by atoms with E-state index in [1.165, 1.54) is 6.42 Å². The smallest absolute Gasteiger partial charge is 0.253 e. The molecule has 0 bridgehead atoms. The standard InChI is InChI=1S/C16H22N4O2/c1-11-18-19-15-8-7-12(9-20(11)15)16(22)17-14-6-4-2-3-5-13(14)10-21/h7-9,13-14,21H,2-6,10H2,1H3,(H,17,22). The molecule has 2 atom stereocenters. The zero-order chi connectivity index (χ0) is 15.5. The van der Waals surface area contributed by atoms with Crippen molar-refractivity contribution in [2.75, 3.05) is 6.61 Å². The number of hydrogen-bond acceptors (Lipinski definition) is 4. The van der Waals surface area contributed by atoms with Crippen LogP contribution in [0, 0.1) is 12.8 Å². The van der Waals surface area contributed by atoms with E-state index in [2.05, 4.69) is 15.5 Å². The molecular weight excluding hydrogens is 280 g/mol. The lowest BCUT2D eigenvalue weighted by Gasteiger charge is -2.24. The Labute approximate surface area is 129 Å². The van der Waals surface area contributed by atoms with Gasteiger partial charge in [0, 0.05) is 24.8 Å². The first-order chi connectivity index (χ1) is 10.7. The van der Waals surface area contributed by atoms with Crippen molar-refractivity contribution >= 4 is 11.6 Å². The van der Waals surface area contributed by atoms with Crippen LogP contribution in [0.25, 0.3) is 5.65 Å². The van der Waals surface area contributed by atoms with Crippen molar-refractivity contribution in [2.45, 2.75) is 45.1 Å². The van der Waals surface area contributed by atoms with Gasteiger partial charge >= 0.3 is 0 Å². The predicted molar refractivity (Wildman–Crippen MR) is 82.6 cm³/mol. The first-order valence-electron chi connectivity index (χ1n) is 7.92. The Morgan fingerprint density at radius 3 is 2.95 bits per heavy atom. The number of nitrogens with one attached hydrogen (secondary N) is 1. The number of carbonyl (C=O) groups is 1. The average molecular weight is 302 g/mol. The van der Waals surface area contributed by atoms with Crippen molar-refractivity contribution in [3.8, 4) is 0 Å². The van der Waals surface area contributed by atoms with Crippen LogP contribution < -0.4 is 5.32 Å². The van der Waals surface area contributed by atoms with Crippen LogP contribution in [0.1, 0.15) is 48.3 Å². The van der Waals surface area contributed by atoms with Crippen molar-refractivity contribution < 1.29 is 9.90 Å². The number of aliphatic hydroxyl groups is 1. The lowest BCUT2D eigenvalue weighted by molar-refractivity contribution is 0.0899. The summed E-state index contributed by atoms with van der Waals surface area (Å²) < 4.78 is 1.81. The summed E-state index contributed by atoms with van der Waals surface area (Å²) in [5.41, 5.74) is 1.33. The maximum absolute atomic E-state index is 12.5. The third-order valence-electron chi connectivity index (χ3n) is 4.55. The highest BCUT2D eigenvalue weighted by molar-refractivity contribution is 5.94. The van der Waals surface area contributed by atoms with Crippen LogP contribution in [0.2, 0.25) is 0 Å². The highest BCUT2D eigenvalue weighted by Crippen LogP contribution is 2.23. The maximum Gasteiger partial charge on any atom is 0.253 e. The second-order valence-corrected chi connectivity index (χ2v) is 6.05. The second kappa shape index (κ2) is 6.44. The minimum Gasteiger partial charge on any atom is -0.396 e. The molecule has 0 radical (unpaired) electrons. The van der Waals surface area contributed by atoms with Crippen molar-refractivity contribution in [1.82, 2.24) is 19.9 Å². The van der Waals surface area contributed by atoms with Gasteiger partial charge in [0.1, 0.15) is 5.82 Å². The lowest BCUT2D eigenvalue weighted by Crippen LogP contribution is -2.41. The van der Waals surface area contributed by atoms with Gasteiger partial charge in [-0.25, -0.2) is 0 Å². The summed E-state index contributed by atoms with van der Waals surface area (Å²) in [5.74, 6) is 0.819. The minimum atomic E-state index is -0.0969. The Morgan fingerprint density at radius 1 is 1.32 bits per heavy atom. The van der Waals surface area contributed by atoms with Crippen molar-refractivity contribution in [2.24, 2.45) is 5.92 Å². The molecule has 2 aromatic rings. The molecule has 1 aliphatic carbocycles. The first kappa shape index (κ1) is 15.0. The van der Waals surface area contributed by atoms with E-state index in [9.17, 15) is 9.90 Å². The quantitative estimate of drug-likeness (QED) is 0.846. The van der Waals surface area contributed by atoms with Crippen LogP contribution in [0.4, 0.5) is 0 Å². The molecule has 3 rings (SSSR count). The van der Waals surface area contributed by atoms with Gasteiger partial charge in [-0.2, -0.15) is 0 Å². The van der Waals surface area contributed by atoms with E-state index in [0.717, 1.165) is 37.2 Å². The largest absolute Gasteiger partial charge is 0.396 e.